The van der Waals surface area contributed by atoms with E-state index in [1.165, 1.54) is 11.8 Å². The number of halogens is 1. The van der Waals surface area contributed by atoms with Crippen molar-refractivity contribution in [3.63, 3.8) is 0 Å². The second-order valence-corrected chi connectivity index (χ2v) is 10.7. The Hall–Kier alpha value is -3.33. The lowest BCUT2D eigenvalue weighted by atomic mass is 10.1. The van der Waals surface area contributed by atoms with Crippen LogP contribution in [-0.2, 0) is 9.59 Å². The molecule has 4 rings (SSSR count). The third kappa shape index (κ3) is 6.56. The molecule has 0 radical (unpaired) electrons. The lowest BCUT2D eigenvalue weighted by Crippen LogP contribution is -2.30. The highest BCUT2D eigenvalue weighted by Crippen LogP contribution is 2.39. The first-order valence-electron chi connectivity index (χ1n) is 12.0. The zero-order chi connectivity index (χ0) is 27.2. The summed E-state index contributed by atoms with van der Waals surface area (Å²) in [4.78, 5) is 27.8. The maximum absolute atomic E-state index is 13.2. The fourth-order valence-corrected chi connectivity index (χ4v) is 5.46. The second-order valence-electron chi connectivity index (χ2n) is 8.58. The molecule has 1 N–H and O–H groups in total. The quantitative estimate of drug-likeness (QED) is 0.222. The molecule has 0 spiro atoms. The van der Waals surface area contributed by atoms with Crippen LogP contribution in [0.15, 0.2) is 71.6 Å². The minimum atomic E-state index is -0.326. The number of nitrogens with zero attached hydrogens (tertiary/aromatic N) is 1. The van der Waals surface area contributed by atoms with E-state index < -0.39 is 0 Å². The third-order valence-electron chi connectivity index (χ3n) is 5.87. The van der Waals surface area contributed by atoms with Crippen molar-refractivity contribution in [2.75, 3.05) is 18.5 Å². The van der Waals surface area contributed by atoms with Crippen LogP contribution in [0.4, 0.5) is 5.69 Å². The number of thioether (sulfide) groups is 1. The molecule has 3 aromatic rings. The molecular weight excluding hydrogens is 540 g/mol. The van der Waals surface area contributed by atoms with Crippen molar-refractivity contribution in [3.05, 3.63) is 93.3 Å². The Balaban J connectivity index is 1.46. The molecule has 3 aromatic carbocycles. The number of carbonyl (C=O) groups excluding carboxylic acids is 2. The Bertz CT molecular complexity index is 1390. The van der Waals surface area contributed by atoms with E-state index in [9.17, 15) is 9.59 Å². The number of aryl methyl sites for hydroxylation is 1. The number of anilines is 1. The van der Waals surface area contributed by atoms with E-state index in [1.54, 1.807) is 35.2 Å². The van der Waals surface area contributed by atoms with Crippen LogP contribution >= 0.6 is 35.6 Å². The molecule has 1 saturated heterocycles. The molecule has 0 unspecified atom stereocenters. The van der Waals surface area contributed by atoms with E-state index in [1.807, 2.05) is 63.2 Å². The highest BCUT2D eigenvalue weighted by molar-refractivity contribution is 8.26. The molecule has 0 saturated carbocycles. The Kier molecular flexibility index (Phi) is 9.09. The Morgan fingerprint density at radius 3 is 2.58 bits per heavy atom. The minimum Gasteiger partial charge on any atom is -0.490 e. The number of carbonyl (C=O) groups is 2. The molecule has 0 aliphatic carbocycles. The molecular formula is C29H27ClN2O4S2. The molecule has 196 valence electrons. The first kappa shape index (κ1) is 27.7. The van der Waals surface area contributed by atoms with Crippen molar-refractivity contribution in [2.24, 2.45) is 0 Å². The van der Waals surface area contributed by atoms with Gasteiger partial charge in [0.2, 0.25) is 0 Å². The van der Waals surface area contributed by atoms with Gasteiger partial charge in [0.15, 0.2) is 18.1 Å². The van der Waals surface area contributed by atoms with Crippen molar-refractivity contribution >= 4 is 63.5 Å². The monoisotopic (exact) mass is 566 g/mol. The highest BCUT2D eigenvalue weighted by atomic mass is 35.5. The average molecular weight is 567 g/mol. The molecule has 1 fully saturated rings. The maximum atomic E-state index is 13.2. The zero-order valence-corrected chi connectivity index (χ0v) is 23.6. The Labute approximate surface area is 237 Å². The lowest BCUT2D eigenvalue weighted by molar-refractivity contribution is -0.123. The number of hydrogen-bond acceptors (Lipinski definition) is 6. The fraction of sp³-hybridized carbons (Fsp3) is 0.207. The molecule has 2 amide bonds. The number of ether oxygens (including phenoxy) is 2. The van der Waals surface area contributed by atoms with Gasteiger partial charge >= 0.3 is 0 Å². The van der Waals surface area contributed by atoms with Gasteiger partial charge in [0.1, 0.15) is 4.32 Å². The summed E-state index contributed by atoms with van der Waals surface area (Å²) in [5.74, 6) is 0.432. The molecule has 38 heavy (non-hydrogen) atoms. The largest absolute Gasteiger partial charge is 0.490 e. The first-order valence-corrected chi connectivity index (χ1v) is 13.6. The Morgan fingerprint density at radius 2 is 1.87 bits per heavy atom. The highest BCUT2D eigenvalue weighted by Gasteiger charge is 2.35. The van der Waals surface area contributed by atoms with Gasteiger partial charge in [-0.2, -0.15) is 0 Å². The van der Waals surface area contributed by atoms with Gasteiger partial charge in [-0.3, -0.25) is 14.5 Å². The minimum absolute atomic E-state index is 0.137. The summed E-state index contributed by atoms with van der Waals surface area (Å²) < 4.78 is 12.0. The van der Waals surface area contributed by atoms with Gasteiger partial charge in [-0.15, -0.1) is 0 Å². The van der Waals surface area contributed by atoms with Gasteiger partial charge in [0.05, 0.1) is 17.6 Å². The van der Waals surface area contributed by atoms with Gasteiger partial charge in [-0.25, -0.2) is 0 Å². The number of benzene rings is 3. The van der Waals surface area contributed by atoms with E-state index in [2.05, 4.69) is 5.32 Å². The van der Waals surface area contributed by atoms with Crippen LogP contribution in [0.3, 0.4) is 0 Å². The second kappa shape index (κ2) is 12.5. The number of hydrogen-bond donors (Lipinski definition) is 1. The van der Waals surface area contributed by atoms with Gasteiger partial charge in [-0.05, 0) is 67.8 Å². The van der Waals surface area contributed by atoms with Crippen LogP contribution in [-0.4, -0.2) is 34.2 Å². The maximum Gasteiger partial charge on any atom is 0.266 e. The number of rotatable bonds is 9. The van der Waals surface area contributed by atoms with E-state index in [0.29, 0.717) is 38.0 Å². The predicted molar refractivity (Wildman–Crippen MR) is 158 cm³/mol. The molecule has 6 nitrogen and oxygen atoms in total. The average Bonchev–Trinajstić information content (AvgIpc) is 3.18. The van der Waals surface area contributed by atoms with E-state index >= 15 is 0 Å². The van der Waals surface area contributed by atoms with Crippen LogP contribution in [0.1, 0.15) is 36.6 Å². The van der Waals surface area contributed by atoms with Gasteiger partial charge < -0.3 is 14.8 Å². The normalized spacial score (nSPS) is 15.1. The van der Waals surface area contributed by atoms with Crippen molar-refractivity contribution < 1.29 is 19.1 Å². The fourth-order valence-electron chi connectivity index (χ4n) is 3.86. The molecule has 9 heteroatoms. The van der Waals surface area contributed by atoms with Crippen molar-refractivity contribution in [1.82, 2.24) is 4.90 Å². The molecule has 0 aromatic heterocycles. The SMILES string of the molecule is CCOc1cc(/C=C2\SC(=S)N([C@H](C)c3ccccc3)C2=O)ccc1OCC(=O)Nc1ccc(C)c(Cl)c1. The predicted octanol–water partition coefficient (Wildman–Crippen LogP) is 7.03. The van der Waals surface area contributed by atoms with E-state index in [-0.39, 0.29) is 24.5 Å². The number of thiocarbonyl (C=S) groups is 1. The summed E-state index contributed by atoms with van der Waals surface area (Å²) in [7, 11) is 0. The molecule has 0 bridgehead atoms. The van der Waals surface area contributed by atoms with Crippen molar-refractivity contribution in [1.29, 1.82) is 0 Å². The summed E-state index contributed by atoms with van der Waals surface area (Å²) in [6.45, 7) is 5.92. The lowest BCUT2D eigenvalue weighted by Gasteiger charge is -2.23. The van der Waals surface area contributed by atoms with E-state index in [0.717, 1.165) is 16.7 Å². The smallest absolute Gasteiger partial charge is 0.266 e. The van der Waals surface area contributed by atoms with Crippen LogP contribution in [0, 0.1) is 6.92 Å². The summed E-state index contributed by atoms with van der Waals surface area (Å²) in [5.41, 5.74) is 3.29. The third-order valence-corrected chi connectivity index (χ3v) is 7.61. The van der Waals surface area contributed by atoms with Gasteiger partial charge in [-0.1, -0.05) is 78.0 Å². The van der Waals surface area contributed by atoms with Gasteiger partial charge in [0.25, 0.3) is 11.8 Å². The van der Waals surface area contributed by atoms with Crippen LogP contribution in [0.25, 0.3) is 6.08 Å². The summed E-state index contributed by atoms with van der Waals surface area (Å²) in [6, 6.07) is 20.2. The summed E-state index contributed by atoms with van der Waals surface area (Å²) in [5, 5.41) is 3.34. The standard InChI is InChI=1S/C29H27ClN2O4S2/c1-4-35-25-14-20(11-13-24(25)36-17-27(33)31-22-12-10-18(2)23(30)16-22)15-26-28(34)32(29(37)38-26)19(3)21-8-6-5-7-9-21/h5-16,19H,4,17H2,1-3H3,(H,31,33)/b26-15-/t19-/m1/s1. The zero-order valence-electron chi connectivity index (χ0n) is 21.2. The number of amides is 2. The van der Waals surface area contributed by atoms with Gasteiger partial charge in [0, 0.05) is 10.7 Å². The Morgan fingerprint density at radius 1 is 1.11 bits per heavy atom. The molecule has 1 aliphatic heterocycles. The van der Waals surface area contributed by atoms with Crippen molar-refractivity contribution in [2.45, 2.75) is 26.8 Å². The van der Waals surface area contributed by atoms with Crippen LogP contribution in [0.2, 0.25) is 5.02 Å². The topological polar surface area (TPSA) is 67.9 Å². The van der Waals surface area contributed by atoms with Crippen molar-refractivity contribution in [3.8, 4) is 11.5 Å². The summed E-state index contributed by atoms with van der Waals surface area (Å²) in [6.07, 6.45) is 1.79. The molecule has 1 atom stereocenters. The molecule has 1 heterocycles. The summed E-state index contributed by atoms with van der Waals surface area (Å²) >= 11 is 12.9. The van der Waals surface area contributed by atoms with Crippen LogP contribution in [0.5, 0.6) is 11.5 Å². The number of nitrogens with one attached hydrogen (secondary N) is 1. The first-order chi connectivity index (χ1) is 18.3. The van der Waals surface area contributed by atoms with E-state index in [4.69, 9.17) is 33.3 Å². The van der Waals surface area contributed by atoms with Crippen LogP contribution < -0.4 is 14.8 Å². The molecule has 1 aliphatic rings.